The van der Waals surface area contributed by atoms with Crippen molar-refractivity contribution in [2.45, 2.75) is 25.0 Å². The predicted octanol–water partition coefficient (Wildman–Crippen LogP) is -0.409. The van der Waals surface area contributed by atoms with Crippen LogP contribution in [0, 0.1) is 11.8 Å². The standard InChI is InChI=1S/C8H10O2.CH4N2O/c1(3-7-5-9-7)2-4-8-6-10-8;2-1(3)4/h7-8H,3-6H2;(H4,2,3,4). The minimum atomic E-state index is -0.833. The number of amides is 2. The molecule has 2 fully saturated rings. The van der Waals surface area contributed by atoms with Crippen molar-refractivity contribution in [3.63, 3.8) is 0 Å². The molecule has 2 heterocycles. The second-order valence-electron chi connectivity index (χ2n) is 3.07. The van der Waals surface area contributed by atoms with E-state index in [9.17, 15) is 0 Å². The maximum Gasteiger partial charge on any atom is 0.309 e. The molecule has 2 aliphatic heterocycles. The van der Waals surface area contributed by atoms with Crippen LogP contribution < -0.4 is 11.5 Å². The fraction of sp³-hybridized carbons (Fsp3) is 0.667. The third-order valence-electron chi connectivity index (χ3n) is 1.59. The highest BCUT2D eigenvalue weighted by Gasteiger charge is 2.21. The Morgan fingerprint density at radius 3 is 1.64 bits per heavy atom. The van der Waals surface area contributed by atoms with Crippen molar-refractivity contribution in [1.29, 1.82) is 0 Å². The summed E-state index contributed by atoms with van der Waals surface area (Å²) >= 11 is 0. The summed E-state index contributed by atoms with van der Waals surface area (Å²) in [5.74, 6) is 6.13. The van der Waals surface area contributed by atoms with Crippen LogP contribution in [0.1, 0.15) is 12.8 Å². The molecule has 0 aromatic rings. The molecule has 0 aromatic heterocycles. The number of carbonyl (C=O) groups excluding carboxylic acids is 1. The normalized spacial score (nSPS) is 26.3. The van der Waals surface area contributed by atoms with E-state index in [0.717, 1.165) is 26.1 Å². The fourth-order valence-corrected chi connectivity index (χ4v) is 0.744. The molecule has 2 atom stereocenters. The van der Waals surface area contributed by atoms with Crippen LogP contribution in [0.25, 0.3) is 0 Å². The van der Waals surface area contributed by atoms with E-state index >= 15 is 0 Å². The van der Waals surface area contributed by atoms with Crippen LogP contribution in [-0.4, -0.2) is 31.5 Å². The maximum absolute atomic E-state index is 9.00. The summed E-state index contributed by atoms with van der Waals surface area (Å²) in [6.07, 6.45) is 2.72. The Balaban J connectivity index is 0.000000213. The summed E-state index contributed by atoms with van der Waals surface area (Å²) in [6, 6.07) is -0.833. The van der Waals surface area contributed by atoms with Gasteiger partial charge in [0.15, 0.2) is 0 Å². The molecule has 2 saturated heterocycles. The van der Waals surface area contributed by atoms with Gasteiger partial charge in [-0.1, -0.05) is 0 Å². The van der Waals surface area contributed by atoms with Crippen molar-refractivity contribution in [3.05, 3.63) is 0 Å². The minimum absolute atomic E-state index is 0.452. The van der Waals surface area contributed by atoms with Gasteiger partial charge in [-0.25, -0.2) is 4.79 Å². The molecular weight excluding hydrogens is 184 g/mol. The van der Waals surface area contributed by atoms with Crippen LogP contribution in [0.4, 0.5) is 4.79 Å². The molecule has 14 heavy (non-hydrogen) atoms. The van der Waals surface area contributed by atoms with E-state index in [1.807, 2.05) is 0 Å². The lowest BCUT2D eigenvalue weighted by molar-refractivity contribution is 0.256. The van der Waals surface area contributed by atoms with Gasteiger partial charge in [-0.15, -0.1) is 11.8 Å². The molecule has 0 aliphatic carbocycles. The second-order valence-corrected chi connectivity index (χ2v) is 3.07. The van der Waals surface area contributed by atoms with Crippen molar-refractivity contribution < 1.29 is 14.3 Å². The van der Waals surface area contributed by atoms with Gasteiger partial charge in [0.05, 0.1) is 25.4 Å². The Kier molecular flexibility index (Phi) is 4.23. The number of carbonyl (C=O) groups is 1. The van der Waals surface area contributed by atoms with Gasteiger partial charge in [0.2, 0.25) is 0 Å². The lowest BCUT2D eigenvalue weighted by atomic mass is 10.3. The Morgan fingerprint density at radius 1 is 1.14 bits per heavy atom. The summed E-state index contributed by atoms with van der Waals surface area (Å²) in [5, 5.41) is 0. The summed E-state index contributed by atoms with van der Waals surface area (Å²) in [5.41, 5.74) is 8.50. The van der Waals surface area contributed by atoms with Crippen molar-refractivity contribution in [3.8, 4) is 11.8 Å². The van der Waals surface area contributed by atoms with Crippen LogP contribution in [0.5, 0.6) is 0 Å². The van der Waals surface area contributed by atoms with Crippen molar-refractivity contribution in [2.75, 3.05) is 13.2 Å². The summed E-state index contributed by atoms with van der Waals surface area (Å²) < 4.78 is 9.99. The van der Waals surface area contributed by atoms with Gasteiger partial charge in [-0.3, -0.25) is 0 Å². The minimum Gasteiger partial charge on any atom is -0.372 e. The molecule has 5 heteroatoms. The van der Waals surface area contributed by atoms with E-state index < -0.39 is 6.03 Å². The predicted molar refractivity (Wildman–Crippen MR) is 50.3 cm³/mol. The van der Waals surface area contributed by atoms with Gasteiger partial charge in [-0.2, -0.15) is 0 Å². The lowest BCUT2D eigenvalue weighted by Gasteiger charge is -1.78. The molecule has 5 nitrogen and oxygen atoms in total. The molecule has 0 radical (unpaired) electrons. The van der Waals surface area contributed by atoms with Crippen molar-refractivity contribution >= 4 is 6.03 Å². The van der Waals surface area contributed by atoms with E-state index in [0.29, 0.717) is 12.2 Å². The molecule has 2 aliphatic rings. The highest BCUT2D eigenvalue weighted by atomic mass is 16.6. The number of hydrogen-bond acceptors (Lipinski definition) is 3. The number of rotatable bonds is 2. The van der Waals surface area contributed by atoms with E-state index in [1.54, 1.807) is 0 Å². The first-order chi connectivity index (χ1) is 6.68. The largest absolute Gasteiger partial charge is 0.372 e. The number of epoxide rings is 2. The molecule has 0 spiro atoms. The fourth-order valence-electron chi connectivity index (χ4n) is 0.744. The molecule has 2 unspecified atom stereocenters. The molecule has 0 aromatic carbocycles. The molecule has 0 bridgehead atoms. The highest BCUT2D eigenvalue weighted by Crippen LogP contribution is 2.13. The average molecular weight is 198 g/mol. The first-order valence-corrected chi connectivity index (χ1v) is 4.42. The SMILES string of the molecule is C(#CCC1CO1)CC1CO1.NC(N)=O. The quantitative estimate of drug-likeness (QED) is 0.466. The summed E-state index contributed by atoms with van der Waals surface area (Å²) in [7, 11) is 0. The van der Waals surface area contributed by atoms with Crippen LogP contribution in [0.15, 0.2) is 0 Å². The average Bonchev–Trinajstić information content (AvgIpc) is 2.93. The van der Waals surface area contributed by atoms with Gasteiger partial charge >= 0.3 is 6.03 Å². The van der Waals surface area contributed by atoms with E-state index in [4.69, 9.17) is 14.3 Å². The Morgan fingerprint density at radius 2 is 1.43 bits per heavy atom. The zero-order valence-corrected chi connectivity index (χ0v) is 7.86. The number of nitrogens with two attached hydrogens (primary N) is 2. The zero-order valence-electron chi connectivity index (χ0n) is 7.86. The molecule has 0 saturated carbocycles. The monoisotopic (exact) mass is 198 g/mol. The smallest absolute Gasteiger partial charge is 0.309 e. The van der Waals surface area contributed by atoms with Crippen molar-refractivity contribution in [2.24, 2.45) is 11.5 Å². The highest BCUT2D eigenvalue weighted by molar-refractivity contribution is 5.69. The topological polar surface area (TPSA) is 94.2 Å². The van der Waals surface area contributed by atoms with Gasteiger partial charge < -0.3 is 20.9 Å². The Labute approximate surface area is 82.7 Å². The van der Waals surface area contributed by atoms with Crippen LogP contribution in [-0.2, 0) is 9.47 Å². The third-order valence-corrected chi connectivity index (χ3v) is 1.59. The maximum atomic E-state index is 9.00. The Bertz CT molecular complexity index is 227. The molecular formula is C9H14N2O3. The summed E-state index contributed by atoms with van der Waals surface area (Å²) in [4.78, 5) is 9.00. The molecule has 2 amide bonds. The van der Waals surface area contributed by atoms with E-state index in [2.05, 4.69) is 23.3 Å². The van der Waals surface area contributed by atoms with Gasteiger partial charge in [0, 0.05) is 12.8 Å². The summed E-state index contributed by atoms with van der Waals surface area (Å²) in [6.45, 7) is 1.82. The molecule has 4 N–H and O–H groups in total. The first kappa shape index (κ1) is 10.8. The van der Waals surface area contributed by atoms with Crippen LogP contribution in [0.3, 0.4) is 0 Å². The number of primary amides is 2. The number of hydrogen-bond donors (Lipinski definition) is 2. The van der Waals surface area contributed by atoms with E-state index in [1.165, 1.54) is 0 Å². The lowest BCUT2D eigenvalue weighted by Crippen LogP contribution is -2.18. The second kappa shape index (κ2) is 5.47. The first-order valence-electron chi connectivity index (χ1n) is 4.42. The van der Waals surface area contributed by atoms with Crippen LogP contribution in [0.2, 0.25) is 0 Å². The molecule has 78 valence electrons. The van der Waals surface area contributed by atoms with Crippen LogP contribution >= 0.6 is 0 Å². The Hall–Kier alpha value is -1.25. The molecule has 2 rings (SSSR count). The number of ether oxygens (including phenoxy) is 2. The van der Waals surface area contributed by atoms with Gasteiger partial charge in [0.1, 0.15) is 0 Å². The van der Waals surface area contributed by atoms with Gasteiger partial charge in [-0.05, 0) is 0 Å². The van der Waals surface area contributed by atoms with Crippen molar-refractivity contribution in [1.82, 2.24) is 0 Å². The van der Waals surface area contributed by atoms with Gasteiger partial charge in [0.25, 0.3) is 0 Å². The zero-order chi connectivity index (χ0) is 10.4. The third kappa shape index (κ3) is 7.40. The van der Waals surface area contributed by atoms with E-state index in [-0.39, 0.29) is 0 Å². The number of urea groups is 1.